The number of carbonyl (C=O) groups excluding carboxylic acids is 1. The highest BCUT2D eigenvalue weighted by Crippen LogP contribution is 2.26. The monoisotopic (exact) mass is 386 g/mol. The van der Waals surface area contributed by atoms with Gasteiger partial charge in [-0.15, -0.1) is 10.2 Å². The van der Waals surface area contributed by atoms with Gasteiger partial charge >= 0.3 is 0 Å². The molecule has 0 unspecified atom stereocenters. The normalized spacial score (nSPS) is 15.6. The molecule has 0 spiro atoms. The van der Waals surface area contributed by atoms with Crippen LogP contribution in [0, 0.1) is 6.92 Å². The Bertz CT molecular complexity index is 876. The summed E-state index contributed by atoms with van der Waals surface area (Å²) in [6, 6.07) is 4.14. The van der Waals surface area contributed by atoms with Crippen LogP contribution in [0.3, 0.4) is 0 Å². The fourth-order valence-corrected chi connectivity index (χ4v) is 4.76. The molecule has 24 heavy (non-hydrogen) atoms. The number of hydrogen-bond acceptors (Lipinski definition) is 6. The van der Waals surface area contributed by atoms with Crippen LogP contribution in [0.2, 0.25) is 5.02 Å². The van der Waals surface area contributed by atoms with Crippen molar-refractivity contribution in [1.82, 2.24) is 14.5 Å². The number of nitrogens with zero attached hydrogens (tertiary/aromatic N) is 3. The summed E-state index contributed by atoms with van der Waals surface area (Å²) in [5.41, 5.74) is 0.0878. The molecule has 0 saturated carbocycles. The minimum absolute atomic E-state index is 0.0624. The van der Waals surface area contributed by atoms with Crippen molar-refractivity contribution < 1.29 is 13.2 Å². The van der Waals surface area contributed by atoms with Crippen LogP contribution < -0.4 is 5.32 Å². The predicted molar refractivity (Wildman–Crippen MR) is 92.0 cm³/mol. The summed E-state index contributed by atoms with van der Waals surface area (Å²) in [6.45, 7) is 2.76. The number of aryl methyl sites for hydroxylation is 1. The van der Waals surface area contributed by atoms with E-state index < -0.39 is 15.9 Å². The smallest absolute Gasteiger partial charge is 0.259 e. The lowest BCUT2D eigenvalue weighted by Gasteiger charge is -2.16. The van der Waals surface area contributed by atoms with E-state index in [4.69, 9.17) is 11.6 Å². The highest BCUT2D eigenvalue weighted by Gasteiger charge is 2.28. The molecule has 1 aromatic heterocycles. The Morgan fingerprint density at radius 2 is 2.00 bits per heavy atom. The topological polar surface area (TPSA) is 92.3 Å². The molecule has 0 radical (unpaired) electrons. The van der Waals surface area contributed by atoms with Crippen LogP contribution in [0.4, 0.5) is 5.13 Å². The van der Waals surface area contributed by atoms with Gasteiger partial charge in [0.1, 0.15) is 5.01 Å². The molecule has 0 atom stereocenters. The Kier molecular flexibility index (Phi) is 4.86. The van der Waals surface area contributed by atoms with E-state index in [-0.39, 0.29) is 15.5 Å². The van der Waals surface area contributed by atoms with E-state index in [0.717, 1.165) is 12.8 Å². The molecule has 2 heterocycles. The largest absolute Gasteiger partial charge is 0.296 e. The zero-order valence-corrected chi connectivity index (χ0v) is 15.2. The molecule has 1 saturated heterocycles. The van der Waals surface area contributed by atoms with E-state index in [1.807, 2.05) is 0 Å². The Labute approximate surface area is 148 Å². The van der Waals surface area contributed by atoms with Crippen molar-refractivity contribution in [3.63, 3.8) is 0 Å². The number of benzene rings is 1. The van der Waals surface area contributed by atoms with Gasteiger partial charge in [0.05, 0.1) is 15.5 Å². The number of aromatic nitrogens is 2. The first-order valence-corrected chi connectivity index (χ1v) is 9.92. The maximum atomic E-state index is 12.6. The quantitative estimate of drug-likeness (QED) is 0.871. The summed E-state index contributed by atoms with van der Waals surface area (Å²) in [4.78, 5) is 12.4. The number of nitrogens with one attached hydrogen (secondary N) is 1. The van der Waals surface area contributed by atoms with Crippen molar-refractivity contribution in [1.29, 1.82) is 0 Å². The van der Waals surface area contributed by atoms with Gasteiger partial charge in [0, 0.05) is 13.1 Å². The molecule has 128 valence electrons. The number of sulfonamides is 1. The Morgan fingerprint density at radius 3 is 2.62 bits per heavy atom. The molecule has 1 aliphatic heterocycles. The highest BCUT2D eigenvalue weighted by atomic mass is 35.5. The van der Waals surface area contributed by atoms with Gasteiger partial charge in [-0.1, -0.05) is 22.9 Å². The van der Waals surface area contributed by atoms with E-state index in [0.29, 0.717) is 23.2 Å². The summed E-state index contributed by atoms with van der Waals surface area (Å²) in [5, 5.41) is 11.4. The number of halogens is 1. The minimum Gasteiger partial charge on any atom is -0.296 e. The fraction of sp³-hybridized carbons (Fsp3) is 0.357. The van der Waals surface area contributed by atoms with E-state index in [1.54, 1.807) is 6.92 Å². The molecule has 10 heteroatoms. The van der Waals surface area contributed by atoms with Gasteiger partial charge in [-0.05, 0) is 38.0 Å². The van der Waals surface area contributed by atoms with Crippen LogP contribution in [-0.2, 0) is 10.0 Å². The number of anilines is 1. The van der Waals surface area contributed by atoms with Crippen LogP contribution >= 0.6 is 22.9 Å². The van der Waals surface area contributed by atoms with Crippen LogP contribution in [0.25, 0.3) is 0 Å². The second-order valence-electron chi connectivity index (χ2n) is 5.33. The van der Waals surface area contributed by atoms with Gasteiger partial charge in [-0.2, -0.15) is 4.31 Å². The lowest BCUT2D eigenvalue weighted by atomic mass is 10.2. The van der Waals surface area contributed by atoms with Gasteiger partial charge in [0.2, 0.25) is 15.2 Å². The summed E-state index contributed by atoms with van der Waals surface area (Å²) in [7, 11) is -3.61. The van der Waals surface area contributed by atoms with Crippen molar-refractivity contribution in [3.8, 4) is 0 Å². The third-order valence-corrected chi connectivity index (χ3v) is 6.61. The number of carbonyl (C=O) groups is 1. The first kappa shape index (κ1) is 17.3. The third-order valence-electron chi connectivity index (χ3n) is 3.63. The maximum Gasteiger partial charge on any atom is 0.259 e. The van der Waals surface area contributed by atoms with Gasteiger partial charge < -0.3 is 0 Å². The zero-order valence-electron chi connectivity index (χ0n) is 12.8. The SMILES string of the molecule is Cc1nnc(NC(=O)c2cc(S(=O)(=O)N3CCCC3)ccc2Cl)s1. The number of rotatable bonds is 4. The van der Waals surface area contributed by atoms with Crippen LogP contribution in [0.15, 0.2) is 23.1 Å². The first-order valence-electron chi connectivity index (χ1n) is 7.29. The second kappa shape index (κ2) is 6.75. The average molecular weight is 387 g/mol. The molecular weight excluding hydrogens is 372 g/mol. The molecular formula is C14H15ClN4O3S2. The van der Waals surface area contributed by atoms with E-state index in [9.17, 15) is 13.2 Å². The summed E-state index contributed by atoms with van der Waals surface area (Å²) >= 11 is 7.29. The van der Waals surface area contributed by atoms with Gasteiger partial charge in [0.25, 0.3) is 5.91 Å². The number of hydrogen-bond donors (Lipinski definition) is 1. The molecule has 3 rings (SSSR count). The molecule has 1 amide bonds. The minimum atomic E-state index is -3.61. The van der Waals surface area contributed by atoms with Crippen molar-refractivity contribution in [2.75, 3.05) is 18.4 Å². The zero-order chi connectivity index (χ0) is 17.3. The summed E-state index contributed by atoms with van der Waals surface area (Å²) < 4.78 is 26.6. The second-order valence-corrected chi connectivity index (χ2v) is 8.86. The molecule has 1 N–H and O–H groups in total. The van der Waals surface area contributed by atoms with E-state index >= 15 is 0 Å². The standard InChI is InChI=1S/C14H15ClN4O3S2/c1-9-17-18-14(23-9)16-13(20)11-8-10(4-5-12(11)15)24(21,22)19-6-2-3-7-19/h4-5,8H,2-3,6-7H2,1H3,(H,16,18,20). The molecule has 0 aliphatic carbocycles. The van der Waals surface area contributed by atoms with E-state index in [2.05, 4.69) is 15.5 Å². The van der Waals surface area contributed by atoms with Crippen LogP contribution in [-0.4, -0.2) is 41.9 Å². The van der Waals surface area contributed by atoms with Gasteiger partial charge in [-0.3, -0.25) is 10.1 Å². The Hall–Kier alpha value is -1.55. The molecule has 1 fully saturated rings. The predicted octanol–water partition coefficient (Wildman–Crippen LogP) is 2.54. The van der Waals surface area contributed by atoms with Crippen LogP contribution in [0.5, 0.6) is 0 Å². The lowest BCUT2D eigenvalue weighted by molar-refractivity contribution is 0.102. The van der Waals surface area contributed by atoms with Gasteiger partial charge in [0.15, 0.2) is 0 Å². The van der Waals surface area contributed by atoms with Gasteiger partial charge in [-0.25, -0.2) is 8.42 Å². The summed E-state index contributed by atoms with van der Waals surface area (Å²) in [6.07, 6.45) is 1.69. The fourth-order valence-electron chi connectivity index (χ4n) is 2.43. The molecule has 1 aliphatic rings. The Balaban J connectivity index is 1.90. The number of amides is 1. The lowest BCUT2D eigenvalue weighted by Crippen LogP contribution is -2.28. The van der Waals surface area contributed by atoms with Crippen molar-refractivity contribution in [3.05, 3.63) is 33.8 Å². The highest BCUT2D eigenvalue weighted by molar-refractivity contribution is 7.89. The van der Waals surface area contributed by atoms with Crippen molar-refractivity contribution >= 4 is 44.0 Å². The molecule has 0 bridgehead atoms. The van der Waals surface area contributed by atoms with Crippen molar-refractivity contribution in [2.45, 2.75) is 24.7 Å². The maximum absolute atomic E-state index is 12.6. The van der Waals surface area contributed by atoms with Crippen molar-refractivity contribution in [2.24, 2.45) is 0 Å². The average Bonchev–Trinajstić information content (AvgIpc) is 3.19. The molecule has 2 aromatic rings. The summed E-state index contributed by atoms with van der Waals surface area (Å²) in [5.74, 6) is -0.519. The Morgan fingerprint density at radius 1 is 1.29 bits per heavy atom. The third kappa shape index (κ3) is 3.44. The van der Waals surface area contributed by atoms with Crippen LogP contribution in [0.1, 0.15) is 28.2 Å². The first-order chi connectivity index (χ1) is 11.4. The van der Waals surface area contributed by atoms with E-state index in [1.165, 1.54) is 33.8 Å². The molecule has 7 nitrogen and oxygen atoms in total. The molecule has 1 aromatic carbocycles.